The van der Waals surface area contributed by atoms with E-state index in [1.165, 1.54) is 5.69 Å². The van der Waals surface area contributed by atoms with Crippen molar-refractivity contribution in [3.63, 3.8) is 0 Å². The summed E-state index contributed by atoms with van der Waals surface area (Å²) in [6.07, 6.45) is 1.83. The van der Waals surface area contributed by atoms with Gasteiger partial charge in [-0.05, 0) is 55.8 Å². The lowest BCUT2D eigenvalue weighted by Gasteiger charge is -2.36. The first-order valence-corrected chi connectivity index (χ1v) is 10.4. The molecule has 0 amide bonds. The van der Waals surface area contributed by atoms with Crippen LogP contribution in [-0.4, -0.2) is 51.8 Å². The zero-order valence-electron chi connectivity index (χ0n) is 17.7. The second kappa shape index (κ2) is 10.3. The lowest BCUT2D eigenvalue weighted by molar-refractivity contribution is 0.380. The van der Waals surface area contributed by atoms with Gasteiger partial charge in [0.2, 0.25) is 0 Å². The number of nitrogens with zero attached hydrogens (tertiary/aromatic N) is 6. The minimum absolute atomic E-state index is 0. The smallest absolute Gasteiger partial charge is 0.191 e. The van der Waals surface area contributed by atoms with Crippen molar-refractivity contribution in [2.75, 3.05) is 31.1 Å². The third-order valence-electron chi connectivity index (χ3n) is 5.25. The van der Waals surface area contributed by atoms with E-state index in [0.717, 1.165) is 54.0 Å². The second-order valence-corrected chi connectivity index (χ2v) is 7.92. The first kappa shape index (κ1) is 23.3. The van der Waals surface area contributed by atoms with Crippen LogP contribution in [0.5, 0.6) is 0 Å². The Morgan fingerprint density at radius 2 is 1.77 bits per heavy atom. The summed E-state index contributed by atoms with van der Waals surface area (Å²) in [6.45, 7) is 7.99. The molecule has 4 rings (SSSR count). The number of piperazine rings is 1. The minimum atomic E-state index is 0. The van der Waals surface area contributed by atoms with E-state index in [1.807, 2.05) is 55.1 Å². The van der Waals surface area contributed by atoms with E-state index < -0.39 is 0 Å². The predicted molar refractivity (Wildman–Crippen MR) is 137 cm³/mol. The van der Waals surface area contributed by atoms with E-state index in [4.69, 9.17) is 17.3 Å². The highest BCUT2D eigenvalue weighted by Crippen LogP contribution is 2.19. The van der Waals surface area contributed by atoms with Crippen LogP contribution in [-0.2, 0) is 6.54 Å². The molecule has 0 bridgehead atoms. The Bertz CT molecular complexity index is 1020. The number of nitrogens with two attached hydrogens (primary N) is 1. The molecule has 1 aliphatic heterocycles. The molecule has 0 radical (unpaired) electrons. The van der Waals surface area contributed by atoms with Gasteiger partial charge in [-0.15, -0.1) is 24.0 Å². The molecular formula is C22H27ClIN7. The van der Waals surface area contributed by atoms with E-state index in [0.29, 0.717) is 12.5 Å². The third-order valence-corrected chi connectivity index (χ3v) is 5.51. The lowest BCUT2D eigenvalue weighted by Crippen LogP contribution is -2.51. The van der Waals surface area contributed by atoms with Crippen molar-refractivity contribution in [2.45, 2.75) is 20.4 Å². The summed E-state index contributed by atoms with van der Waals surface area (Å²) in [5, 5.41) is 5.22. The van der Waals surface area contributed by atoms with Gasteiger partial charge in [-0.2, -0.15) is 5.10 Å². The molecular weight excluding hydrogens is 525 g/mol. The SMILES string of the molecule is Cc1cc(C)n(-c2ccc(CN=C(N)N3CCN(c4ccc(Cl)cc4)CC3)cn2)n1.I. The van der Waals surface area contributed by atoms with Gasteiger partial charge in [0.1, 0.15) is 0 Å². The largest absolute Gasteiger partial charge is 0.370 e. The molecule has 9 heteroatoms. The standard InChI is InChI=1S/C22H26ClN7.HI/c1-16-13-17(2)30(27-16)21-8-3-18(14-25-21)15-26-22(24)29-11-9-28(10-12-29)20-6-4-19(23)5-7-20;/h3-8,13-14H,9-12,15H2,1-2H3,(H2,24,26);1H. The van der Waals surface area contributed by atoms with E-state index in [1.54, 1.807) is 0 Å². The first-order valence-electron chi connectivity index (χ1n) is 10.0. The number of guanidine groups is 1. The summed E-state index contributed by atoms with van der Waals surface area (Å²) in [7, 11) is 0. The molecule has 1 fully saturated rings. The summed E-state index contributed by atoms with van der Waals surface area (Å²) >= 11 is 5.98. The van der Waals surface area contributed by atoms with E-state index in [9.17, 15) is 0 Å². The van der Waals surface area contributed by atoms with Crippen molar-refractivity contribution < 1.29 is 0 Å². The van der Waals surface area contributed by atoms with Crippen molar-refractivity contribution in [1.82, 2.24) is 19.7 Å². The Kier molecular flexibility index (Phi) is 7.77. The van der Waals surface area contributed by atoms with Crippen molar-refractivity contribution in [3.05, 3.63) is 70.6 Å². The van der Waals surface area contributed by atoms with Crippen LogP contribution in [0.15, 0.2) is 53.7 Å². The molecule has 0 aliphatic carbocycles. The number of benzene rings is 1. The maximum absolute atomic E-state index is 6.25. The van der Waals surface area contributed by atoms with Gasteiger partial charge in [-0.3, -0.25) is 0 Å². The predicted octanol–water partition coefficient (Wildman–Crippen LogP) is 3.79. The number of halogens is 2. The Balaban J connectivity index is 0.00000272. The molecule has 0 unspecified atom stereocenters. The van der Waals surface area contributed by atoms with E-state index in [-0.39, 0.29) is 24.0 Å². The third kappa shape index (κ3) is 5.68. The highest BCUT2D eigenvalue weighted by molar-refractivity contribution is 14.0. The fourth-order valence-corrected chi connectivity index (χ4v) is 3.74. The molecule has 1 aliphatic rings. The zero-order valence-corrected chi connectivity index (χ0v) is 20.8. The molecule has 3 aromatic rings. The zero-order chi connectivity index (χ0) is 21.1. The summed E-state index contributed by atoms with van der Waals surface area (Å²) in [4.78, 5) is 13.6. The molecule has 1 saturated heterocycles. The fraction of sp³-hybridized carbons (Fsp3) is 0.318. The van der Waals surface area contributed by atoms with Gasteiger partial charge < -0.3 is 15.5 Å². The summed E-state index contributed by atoms with van der Waals surface area (Å²) < 4.78 is 1.84. The molecule has 2 N–H and O–H groups in total. The van der Waals surface area contributed by atoms with Gasteiger partial charge in [0.25, 0.3) is 0 Å². The first-order chi connectivity index (χ1) is 14.5. The molecule has 0 saturated carbocycles. The topological polar surface area (TPSA) is 75.6 Å². The average Bonchev–Trinajstić information content (AvgIpc) is 3.11. The second-order valence-electron chi connectivity index (χ2n) is 7.49. The van der Waals surface area contributed by atoms with Gasteiger partial charge in [0.05, 0.1) is 12.2 Å². The number of rotatable bonds is 4. The van der Waals surface area contributed by atoms with Crippen LogP contribution in [0, 0.1) is 13.8 Å². The van der Waals surface area contributed by atoms with Crippen molar-refractivity contribution in [2.24, 2.45) is 10.7 Å². The van der Waals surface area contributed by atoms with Crippen LogP contribution >= 0.6 is 35.6 Å². The van der Waals surface area contributed by atoms with Crippen LogP contribution < -0.4 is 10.6 Å². The Morgan fingerprint density at radius 3 is 2.35 bits per heavy atom. The monoisotopic (exact) mass is 551 g/mol. The Morgan fingerprint density at radius 1 is 1.06 bits per heavy atom. The number of pyridine rings is 1. The summed E-state index contributed by atoms with van der Waals surface area (Å²) in [6, 6.07) is 14.0. The van der Waals surface area contributed by atoms with Crippen LogP contribution in [0.2, 0.25) is 5.02 Å². The number of aliphatic imine (C=N–C) groups is 1. The summed E-state index contributed by atoms with van der Waals surface area (Å²) in [5.41, 5.74) is 10.5. The number of aryl methyl sites for hydroxylation is 2. The van der Waals surface area contributed by atoms with Crippen LogP contribution in [0.1, 0.15) is 17.0 Å². The van der Waals surface area contributed by atoms with E-state index >= 15 is 0 Å². The minimum Gasteiger partial charge on any atom is -0.370 e. The van der Waals surface area contributed by atoms with Crippen LogP contribution in [0.4, 0.5) is 5.69 Å². The van der Waals surface area contributed by atoms with Gasteiger partial charge in [0, 0.05) is 48.8 Å². The van der Waals surface area contributed by atoms with Crippen molar-refractivity contribution in [3.8, 4) is 5.82 Å². The van der Waals surface area contributed by atoms with Crippen molar-refractivity contribution in [1.29, 1.82) is 0 Å². The Labute approximate surface area is 204 Å². The molecule has 7 nitrogen and oxygen atoms in total. The fourth-order valence-electron chi connectivity index (χ4n) is 3.61. The van der Waals surface area contributed by atoms with Gasteiger partial charge in [0.15, 0.2) is 11.8 Å². The normalized spacial score (nSPS) is 14.5. The average molecular weight is 552 g/mol. The Hall–Kier alpha value is -2.33. The molecule has 1 aromatic carbocycles. The number of aromatic nitrogens is 3. The lowest BCUT2D eigenvalue weighted by atomic mass is 10.2. The quantitative estimate of drug-likeness (QED) is 0.303. The molecule has 31 heavy (non-hydrogen) atoms. The maximum atomic E-state index is 6.25. The highest BCUT2D eigenvalue weighted by atomic mass is 127. The van der Waals surface area contributed by atoms with E-state index in [2.05, 4.69) is 37.0 Å². The molecule has 0 spiro atoms. The molecule has 2 aromatic heterocycles. The highest BCUT2D eigenvalue weighted by Gasteiger charge is 2.18. The molecule has 3 heterocycles. The van der Waals surface area contributed by atoms with Gasteiger partial charge in [-0.25, -0.2) is 14.7 Å². The van der Waals surface area contributed by atoms with Crippen LogP contribution in [0.25, 0.3) is 5.82 Å². The van der Waals surface area contributed by atoms with Crippen LogP contribution in [0.3, 0.4) is 0 Å². The maximum Gasteiger partial charge on any atom is 0.191 e. The molecule has 164 valence electrons. The van der Waals surface area contributed by atoms with Gasteiger partial charge >= 0.3 is 0 Å². The van der Waals surface area contributed by atoms with Gasteiger partial charge in [-0.1, -0.05) is 17.7 Å². The number of hydrogen-bond acceptors (Lipinski definition) is 4. The molecule has 0 atom stereocenters. The summed E-state index contributed by atoms with van der Waals surface area (Å²) in [5.74, 6) is 1.38. The van der Waals surface area contributed by atoms with Crippen molar-refractivity contribution >= 4 is 47.2 Å². The number of anilines is 1. The number of hydrogen-bond donors (Lipinski definition) is 1.